The first-order chi connectivity index (χ1) is 32.4. The Hall–Kier alpha value is -6.68. The van der Waals surface area contributed by atoms with Gasteiger partial charge < -0.3 is 85.3 Å². The van der Waals surface area contributed by atoms with Gasteiger partial charge in [0.2, 0.25) is 47.3 Å². The normalized spacial score (nSPS) is 15.5. The van der Waals surface area contributed by atoms with E-state index in [1.54, 1.807) is 13.8 Å². The average Bonchev–Trinajstić information content (AvgIpc) is 3.24. The van der Waals surface area contributed by atoms with Gasteiger partial charge in [0.1, 0.15) is 48.3 Å². The Bertz CT molecular complexity index is 1860. The van der Waals surface area contributed by atoms with Gasteiger partial charge in [-0.1, -0.05) is 41.5 Å². The average molecular weight is 1000 g/mol. The Balaban J connectivity index is 6.42. The summed E-state index contributed by atoms with van der Waals surface area (Å²) in [4.78, 5) is 145. The minimum Gasteiger partial charge on any atom is -0.481 e. The fourth-order valence-corrected chi connectivity index (χ4v) is 6.31. The van der Waals surface area contributed by atoms with Gasteiger partial charge in [-0.3, -0.25) is 52.9 Å². The van der Waals surface area contributed by atoms with Crippen LogP contribution in [0.4, 0.5) is 0 Å². The number of nitrogens with one attached hydrogen (secondary N) is 8. The minimum absolute atomic E-state index is 0.0249. The Morgan fingerprint density at radius 1 is 0.500 bits per heavy atom. The van der Waals surface area contributed by atoms with Gasteiger partial charge in [0.15, 0.2) is 5.96 Å². The molecule has 398 valence electrons. The summed E-state index contributed by atoms with van der Waals surface area (Å²) in [6, 6.07) is -12.0. The number of hydrogen-bond donors (Lipinski definition) is 16. The number of rotatable bonds is 33. The molecule has 0 aromatic heterocycles. The van der Waals surface area contributed by atoms with E-state index in [0.29, 0.717) is 0 Å². The standard InChI is InChI=1S/C42H74N12O16/c1-18(2)16-26(51-38(66)30(43)21(7)55)37(65)54-33(22(8)56)40(68)50-24(11-13-28(58)59)35(63)48-23(10-9-15-46-42(44)45)34(62)47-17-27(57)52-31(19(3)4)39(67)49-25(12-14-29(60)61)36(64)53-32(20(5)6)41(69)70/h18-26,30-33,55-56H,9-17,43H2,1-8H3,(H,47,62)(H,48,63)(H,49,67)(H,50,68)(H,51,66)(H,52,57)(H,53,64)(H,54,65)(H,58,59)(H,60,61)(H,69,70)(H4,44,45,46)/t21-,22-,23+,24+,25+,26+,30+,31+,32+,33+/m1/s1. The zero-order chi connectivity index (χ0) is 54.2. The highest BCUT2D eigenvalue weighted by Gasteiger charge is 2.36. The molecule has 19 N–H and O–H groups in total. The van der Waals surface area contributed by atoms with Gasteiger partial charge in [-0.25, -0.2) is 4.79 Å². The maximum atomic E-state index is 13.8. The van der Waals surface area contributed by atoms with E-state index in [-0.39, 0.29) is 37.7 Å². The van der Waals surface area contributed by atoms with Gasteiger partial charge in [0.05, 0.1) is 18.8 Å². The smallest absolute Gasteiger partial charge is 0.326 e. The Morgan fingerprint density at radius 3 is 1.36 bits per heavy atom. The van der Waals surface area contributed by atoms with Crippen LogP contribution in [0.5, 0.6) is 0 Å². The van der Waals surface area contributed by atoms with Crippen molar-refractivity contribution >= 4 is 71.1 Å². The second-order valence-corrected chi connectivity index (χ2v) is 17.8. The van der Waals surface area contributed by atoms with Gasteiger partial charge in [0.25, 0.3) is 0 Å². The zero-order valence-corrected chi connectivity index (χ0v) is 40.8. The molecule has 0 unspecified atom stereocenters. The van der Waals surface area contributed by atoms with Crippen molar-refractivity contribution in [2.24, 2.45) is 39.9 Å². The van der Waals surface area contributed by atoms with E-state index < -0.39 is 170 Å². The van der Waals surface area contributed by atoms with Crippen molar-refractivity contribution in [3.8, 4) is 0 Å². The number of aliphatic hydroxyl groups excluding tert-OH is 2. The number of guanidine groups is 1. The predicted octanol–water partition coefficient (Wildman–Crippen LogP) is -5.19. The largest absolute Gasteiger partial charge is 0.481 e. The summed E-state index contributed by atoms with van der Waals surface area (Å²) in [6.07, 6.45) is -5.37. The van der Waals surface area contributed by atoms with Crippen molar-refractivity contribution in [2.45, 2.75) is 161 Å². The van der Waals surface area contributed by atoms with Crippen molar-refractivity contribution in [2.75, 3.05) is 13.1 Å². The number of amides is 8. The van der Waals surface area contributed by atoms with Gasteiger partial charge in [0, 0.05) is 19.4 Å². The molecule has 0 bridgehead atoms. The van der Waals surface area contributed by atoms with E-state index >= 15 is 0 Å². The highest BCUT2D eigenvalue weighted by Crippen LogP contribution is 2.11. The van der Waals surface area contributed by atoms with Crippen LogP contribution in [-0.2, 0) is 52.7 Å². The molecule has 10 atom stereocenters. The van der Waals surface area contributed by atoms with Crippen molar-refractivity contribution < 1.29 is 78.3 Å². The molecule has 0 aromatic rings. The summed E-state index contributed by atoms with van der Waals surface area (Å²) < 4.78 is 0. The van der Waals surface area contributed by atoms with Gasteiger partial charge in [-0.05, 0) is 63.7 Å². The van der Waals surface area contributed by atoms with E-state index in [1.807, 2.05) is 0 Å². The van der Waals surface area contributed by atoms with Crippen molar-refractivity contribution in [3.05, 3.63) is 0 Å². The monoisotopic (exact) mass is 1000 g/mol. The first-order valence-corrected chi connectivity index (χ1v) is 22.6. The topological polar surface area (TPSA) is 476 Å². The maximum Gasteiger partial charge on any atom is 0.326 e. The van der Waals surface area contributed by atoms with Crippen LogP contribution < -0.4 is 59.7 Å². The molecule has 0 radical (unpaired) electrons. The molecule has 0 aliphatic rings. The second kappa shape index (κ2) is 31.4. The molecule has 0 rings (SSSR count). The van der Waals surface area contributed by atoms with Crippen LogP contribution in [0.3, 0.4) is 0 Å². The third-order valence-corrected chi connectivity index (χ3v) is 10.3. The van der Waals surface area contributed by atoms with E-state index in [1.165, 1.54) is 34.6 Å². The van der Waals surface area contributed by atoms with Crippen molar-refractivity contribution in [1.82, 2.24) is 42.5 Å². The fourth-order valence-electron chi connectivity index (χ4n) is 6.31. The van der Waals surface area contributed by atoms with Gasteiger partial charge >= 0.3 is 17.9 Å². The number of nitrogens with two attached hydrogens (primary N) is 3. The predicted molar refractivity (Wildman–Crippen MR) is 248 cm³/mol. The lowest BCUT2D eigenvalue weighted by atomic mass is 10.0. The molecule has 0 aromatic carbocycles. The van der Waals surface area contributed by atoms with E-state index in [9.17, 15) is 78.3 Å². The molecule has 8 amide bonds. The Morgan fingerprint density at radius 2 is 0.929 bits per heavy atom. The lowest BCUT2D eigenvalue weighted by molar-refractivity contribution is -0.144. The minimum atomic E-state index is -1.79. The summed E-state index contributed by atoms with van der Waals surface area (Å²) in [6.45, 7) is 11.1. The van der Waals surface area contributed by atoms with E-state index in [0.717, 1.165) is 6.92 Å². The molecule has 0 spiro atoms. The van der Waals surface area contributed by atoms with Crippen molar-refractivity contribution in [3.63, 3.8) is 0 Å². The Kier molecular flexibility index (Phi) is 28.4. The summed E-state index contributed by atoms with van der Waals surface area (Å²) >= 11 is 0. The fraction of sp³-hybridized carbons (Fsp3) is 0.714. The zero-order valence-electron chi connectivity index (χ0n) is 40.8. The SMILES string of the molecule is CC(C)C[C@H](NC(=O)[C@@H](N)[C@@H](C)O)C(=O)N[C@H](C(=O)N[C@@H](CCC(=O)O)C(=O)N[C@@H](CCCN=C(N)N)C(=O)NCC(=O)N[C@H](C(=O)N[C@@H](CCC(=O)O)C(=O)N[C@H](C(=O)O)C(C)C)C(C)C)[C@@H](C)O. The first kappa shape index (κ1) is 63.3. The molecule has 0 saturated carbocycles. The van der Waals surface area contributed by atoms with Crippen LogP contribution in [0.15, 0.2) is 4.99 Å². The summed E-state index contributed by atoms with van der Waals surface area (Å²) in [7, 11) is 0. The van der Waals surface area contributed by atoms with Crippen LogP contribution in [0.25, 0.3) is 0 Å². The molecule has 0 aliphatic heterocycles. The number of nitrogens with zero attached hydrogens (tertiary/aromatic N) is 1. The van der Waals surface area contributed by atoms with Gasteiger partial charge in [-0.15, -0.1) is 0 Å². The number of aliphatic hydroxyl groups is 2. The van der Waals surface area contributed by atoms with Crippen LogP contribution >= 0.6 is 0 Å². The van der Waals surface area contributed by atoms with Crippen LogP contribution in [0.2, 0.25) is 0 Å². The molecule has 0 fully saturated rings. The van der Waals surface area contributed by atoms with Gasteiger partial charge in [-0.2, -0.15) is 0 Å². The van der Waals surface area contributed by atoms with Crippen LogP contribution in [-0.4, -0.2) is 170 Å². The third kappa shape index (κ3) is 24.6. The number of aliphatic imine (C=N–C) groups is 1. The Labute approximate surface area is 405 Å². The van der Waals surface area contributed by atoms with Crippen LogP contribution in [0, 0.1) is 17.8 Å². The number of carboxylic acid groups (broad SMARTS) is 3. The maximum absolute atomic E-state index is 13.8. The molecule has 28 nitrogen and oxygen atoms in total. The van der Waals surface area contributed by atoms with E-state index in [4.69, 9.17) is 17.2 Å². The molecular weight excluding hydrogens is 929 g/mol. The molecule has 28 heteroatoms. The quantitative estimate of drug-likeness (QED) is 0.0166. The summed E-state index contributed by atoms with van der Waals surface area (Å²) in [5.41, 5.74) is 16.5. The molecule has 0 heterocycles. The van der Waals surface area contributed by atoms with Crippen molar-refractivity contribution in [1.29, 1.82) is 0 Å². The third-order valence-electron chi connectivity index (χ3n) is 10.3. The lowest BCUT2D eigenvalue weighted by Crippen LogP contribution is -2.61. The molecule has 0 saturated heterocycles. The number of aliphatic carboxylic acids is 3. The molecule has 70 heavy (non-hydrogen) atoms. The highest BCUT2D eigenvalue weighted by atomic mass is 16.4. The highest BCUT2D eigenvalue weighted by molar-refractivity contribution is 5.98. The first-order valence-electron chi connectivity index (χ1n) is 22.6. The summed E-state index contributed by atoms with van der Waals surface area (Å²) in [5, 5.41) is 67.3. The summed E-state index contributed by atoms with van der Waals surface area (Å²) in [5.74, 6) is -13.8. The number of hydrogen-bond acceptors (Lipinski definition) is 15. The van der Waals surface area contributed by atoms with E-state index in [2.05, 4.69) is 47.5 Å². The molecular formula is C42H74N12O16. The lowest BCUT2D eigenvalue weighted by Gasteiger charge is -2.28. The molecule has 0 aliphatic carbocycles. The number of carbonyl (C=O) groups is 11. The second-order valence-electron chi connectivity index (χ2n) is 17.8. The van der Waals surface area contributed by atoms with Crippen LogP contribution in [0.1, 0.15) is 100 Å². The number of carbonyl (C=O) groups excluding carboxylic acids is 8. The number of carboxylic acids is 3.